The van der Waals surface area contributed by atoms with Crippen LogP contribution in [0.2, 0.25) is 0 Å². The number of rotatable bonds is 4. The summed E-state index contributed by atoms with van der Waals surface area (Å²) in [5.74, 6) is 0.327. The maximum atomic E-state index is 10.9. The lowest BCUT2D eigenvalue weighted by Crippen LogP contribution is -1.98. The van der Waals surface area contributed by atoms with Gasteiger partial charge in [-0.1, -0.05) is 6.92 Å². The molecular weight excluding hydrogens is 246 g/mol. The SMILES string of the molecule is CCc1cc(-c2nc(C(=O)O)c(C)o2)ccc1OC. The van der Waals surface area contributed by atoms with Crippen LogP contribution in [0.25, 0.3) is 11.5 Å². The first kappa shape index (κ1) is 13.1. The molecule has 0 aliphatic rings. The van der Waals surface area contributed by atoms with E-state index in [9.17, 15) is 4.79 Å². The monoisotopic (exact) mass is 261 g/mol. The second kappa shape index (κ2) is 5.14. The van der Waals surface area contributed by atoms with Gasteiger partial charge in [0.15, 0.2) is 5.69 Å². The number of carbonyl (C=O) groups is 1. The fraction of sp³-hybridized carbons (Fsp3) is 0.286. The van der Waals surface area contributed by atoms with E-state index in [-0.39, 0.29) is 5.69 Å². The van der Waals surface area contributed by atoms with Crippen molar-refractivity contribution in [2.75, 3.05) is 7.11 Å². The Bertz CT molecular complexity index is 616. The summed E-state index contributed by atoms with van der Waals surface area (Å²) in [6.07, 6.45) is 0.808. The summed E-state index contributed by atoms with van der Waals surface area (Å²) in [6, 6.07) is 5.53. The molecule has 0 fully saturated rings. The Morgan fingerprint density at radius 3 is 2.74 bits per heavy atom. The van der Waals surface area contributed by atoms with E-state index in [1.54, 1.807) is 20.1 Å². The minimum Gasteiger partial charge on any atom is -0.496 e. The zero-order chi connectivity index (χ0) is 14.0. The van der Waals surface area contributed by atoms with Gasteiger partial charge in [-0.25, -0.2) is 9.78 Å². The van der Waals surface area contributed by atoms with Gasteiger partial charge in [-0.2, -0.15) is 0 Å². The number of hydrogen-bond donors (Lipinski definition) is 1. The van der Waals surface area contributed by atoms with Crippen molar-refractivity contribution >= 4 is 5.97 Å². The van der Waals surface area contributed by atoms with Crippen LogP contribution in [-0.4, -0.2) is 23.2 Å². The van der Waals surface area contributed by atoms with Gasteiger partial charge in [0.1, 0.15) is 11.5 Å². The van der Waals surface area contributed by atoms with Crippen molar-refractivity contribution in [2.45, 2.75) is 20.3 Å². The lowest BCUT2D eigenvalue weighted by molar-refractivity contribution is 0.0689. The molecular formula is C14H15NO4. The third kappa shape index (κ3) is 2.45. The van der Waals surface area contributed by atoms with E-state index in [4.69, 9.17) is 14.3 Å². The second-order valence-corrected chi connectivity index (χ2v) is 4.11. The summed E-state index contributed by atoms with van der Waals surface area (Å²) in [7, 11) is 1.62. The number of carboxylic acids is 1. The number of ether oxygens (including phenoxy) is 1. The van der Waals surface area contributed by atoms with Gasteiger partial charge < -0.3 is 14.3 Å². The molecule has 0 aliphatic carbocycles. The standard InChI is InChI=1S/C14H15NO4/c1-4-9-7-10(5-6-11(9)18-3)13-15-12(14(16)17)8(2)19-13/h5-7H,4H2,1-3H3,(H,16,17). The van der Waals surface area contributed by atoms with Gasteiger partial charge in [0.25, 0.3) is 0 Å². The van der Waals surface area contributed by atoms with E-state index < -0.39 is 5.97 Å². The molecule has 0 saturated carbocycles. The number of benzene rings is 1. The Morgan fingerprint density at radius 1 is 1.47 bits per heavy atom. The summed E-state index contributed by atoms with van der Waals surface area (Å²) >= 11 is 0. The number of methoxy groups -OCH3 is 1. The molecule has 0 saturated heterocycles. The summed E-state index contributed by atoms with van der Waals surface area (Å²) in [6.45, 7) is 3.61. The van der Waals surface area contributed by atoms with Crippen LogP contribution in [0.1, 0.15) is 28.7 Å². The van der Waals surface area contributed by atoms with Gasteiger partial charge >= 0.3 is 5.97 Å². The summed E-state index contributed by atoms with van der Waals surface area (Å²) in [5.41, 5.74) is 1.71. The summed E-state index contributed by atoms with van der Waals surface area (Å²) in [5, 5.41) is 8.97. The van der Waals surface area contributed by atoms with E-state index in [1.807, 2.05) is 19.1 Å². The Morgan fingerprint density at radius 2 is 2.21 bits per heavy atom. The highest BCUT2D eigenvalue weighted by Crippen LogP contribution is 2.27. The maximum absolute atomic E-state index is 10.9. The van der Waals surface area contributed by atoms with E-state index in [0.717, 1.165) is 23.3 Å². The van der Waals surface area contributed by atoms with Crippen LogP contribution in [0.15, 0.2) is 22.6 Å². The number of nitrogens with zero attached hydrogens (tertiary/aromatic N) is 1. The molecule has 0 aliphatic heterocycles. The number of oxazole rings is 1. The fourth-order valence-corrected chi connectivity index (χ4v) is 1.91. The van der Waals surface area contributed by atoms with Crippen LogP contribution in [0.3, 0.4) is 0 Å². The van der Waals surface area contributed by atoms with Gasteiger partial charge in [0.2, 0.25) is 5.89 Å². The van der Waals surface area contributed by atoms with Gasteiger partial charge in [-0.15, -0.1) is 0 Å². The molecule has 1 aromatic carbocycles. The molecule has 1 heterocycles. The molecule has 0 bridgehead atoms. The number of hydrogen-bond acceptors (Lipinski definition) is 4. The third-order valence-corrected chi connectivity index (χ3v) is 2.91. The first-order valence-electron chi connectivity index (χ1n) is 5.94. The first-order valence-corrected chi connectivity index (χ1v) is 5.94. The molecule has 5 heteroatoms. The number of aromatic nitrogens is 1. The Labute approximate surface area is 110 Å². The highest BCUT2D eigenvalue weighted by Gasteiger charge is 2.17. The van der Waals surface area contributed by atoms with Crippen LogP contribution >= 0.6 is 0 Å². The average Bonchev–Trinajstić information content (AvgIpc) is 2.80. The largest absolute Gasteiger partial charge is 0.496 e. The van der Waals surface area contributed by atoms with Crippen LogP contribution in [0.4, 0.5) is 0 Å². The zero-order valence-corrected chi connectivity index (χ0v) is 11.1. The molecule has 1 aromatic heterocycles. The van der Waals surface area contributed by atoms with Crippen molar-refractivity contribution < 1.29 is 19.1 Å². The Kier molecular flexibility index (Phi) is 3.55. The topological polar surface area (TPSA) is 72.6 Å². The minimum atomic E-state index is -1.09. The molecule has 0 atom stereocenters. The molecule has 0 unspecified atom stereocenters. The van der Waals surface area contributed by atoms with Crippen LogP contribution in [0, 0.1) is 6.92 Å². The fourth-order valence-electron chi connectivity index (χ4n) is 1.91. The number of aryl methyl sites for hydroxylation is 2. The molecule has 5 nitrogen and oxygen atoms in total. The smallest absolute Gasteiger partial charge is 0.358 e. The number of aromatic carboxylic acids is 1. The Hall–Kier alpha value is -2.30. The van der Waals surface area contributed by atoms with Crippen LogP contribution in [0.5, 0.6) is 5.75 Å². The van der Waals surface area contributed by atoms with Crippen LogP contribution in [-0.2, 0) is 6.42 Å². The molecule has 0 spiro atoms. The predicted octanol–water partition coefficient (Wildman–Crippen LogP) is 2.92. The minimum absolute atomic E-state index is 0.0520. The van der Waals surface area contributed by atoms with Crippen molar-refractivity contribution in [1.82, 2.24) is 4.98 Å². The molecule has 100 valence electrons. The van der Waals surface area contributed by atoms with Gasteiger partial charge in [0.05, 0.1) is 7.11 Å². The van der Waals surface area contributed by atoms with Gasteiger partial charge in [0, 0.05) is 5.56 Å². The van der Waals surface area contributed by atoms with E-state index in [0.29, 0.717) is 11.7 Å². The van der Waals surface area contributed by atoms with E-state index >= 15 is 0 Å². The predicted molar refractivity (Wildman–Crippen MR) is 69.6 cm³/mol. The van der Waals surface area contributed by atoms with Crippen molar-refractivity contribution in [3.05, 3.63) is 35.2 Å². The maximum Gasteiger partial charge on any atom is 0.358 e. The van der Waals surface area contributed by atoms with Crippen molar-refractivity contribution in [3.8, 4) is 17.2 Å². The second-order valence-electron chi connectivity index (χ2n) is 4.11. The first-order chi connectivity index (χ1) is 9.06. The van der Waals surface area contributed by atoms with Crippen LogP contribution < -0.4 is 4.74 Å². The summed E-state index contributed by atoms with van der Waals surface area (Å²) < 4.78 is 10.7. The normalized spacial score (nSPS) is 10.5. The highest BCUT2D eigenvalue weighted by molar-refractivity contribution is 5.87. The third-order valence-electron chi connectivity index (χ3n) is 2.91. The quantitative estimate of drug-likeness (QED) is 0.916. The zero-order valence-electron chi connectivity index (χ0n) is 11.1. The molecule has 2 rings (SSSR count). The number of carboxylic acid groups (broad SMARTS) is 1. The highest BCUT2D eigenvalue weighted by atomic mass is 16.5. The lowest BCUT2D eigenvalue weighted by atomic mass is 10.1. The van der Waals surface area contributed by atoms with Gasteiger partial charge in [-0.05, 0) is 37.1 Å². The van der Waals surface area contributed by atoms with Crippen molar-refractivity contribution in [2.24, 2.45) is 0 Å². The molecule has 19 heavy (non-hydrogen) atoms. The van der Waals surface area contributed by atoms with E-state index in [2.05, 4.69) is 4.98 Å². The Balaban J connectivity index is 2.47. The van der Waals surface area contributed by atoms with Crippen molar-refractivity contribution in [3.63, 3.8) is 0 Å². The van der Waals surface area contributed by atoms with Gasteiger partial charge in [-0.3, -0.25) is 0 Å². The lowest BCUT2D eigenvalue weighted by Gasteiger charge is -2.07. The average molecular weight is 261 g/mol. The van der Waals surface area contributed by atoms with E-state index in [1.165, 1.54) is 0 Å². The molecule has 0 amide bonds. The van der Waals surface area contributed by atoms with Crippen molar-refractivity contribution in [1.29, 1.82) is 0 Å². The summed E-state index contributed by atoms with van der Waals surface area (Å²) in [4.78, 5) is 15.0. The molecule has 2 aromatic rings. The molecule has 0 radical (unpaired) electrons. The molecule has 1 N–H and O–H groups in total.